The van der Waals surface area contributed by atoms with E-state index in [1.165, 1.54) is 36.9 Å². The highest BCUT2D eigenvalue weighted by atomic mass is 32.1. The molecule has 0 bridgehead atoms. The topological polar surface area (TPSA) is 121 Å². The van der Waals surface area contributed by atoms with Crippen molar-refractivity contribution in [3.8, 4) is 0 Å². The predicted molar refractivity (Wildman–Crippen MR) is 172 cm³/mol. The van der Waals surface area contributed by atoms with Crippen molar-refractivity contribution in [1.29, 1.82) is 0 Å². The van der Waals surface area contributed by atoms with Crippen LogP contribution in [0.2, 0.25) is 0 Å². The van der Waals surface area contributed by atoms with Gasteiger partial charge in [0.2, 0.25) is 11.8 Å². The Morgan fingerprint density at radius 2 is 1.02 bits per heavy atom. The highest BCUT2D eigenvalue weighted by Crippen LogP contribution is 2.21. The lowest BCUT2D eigenvalue weighted by molar-refractivity contribution is -0.119. The maximum atomic E-state index is 12.6. The first-order valence-corrected chi connectivity index (χ1v) is 16.5. The Morgan fingerprint density at radius 1 is 0.636 bits per heavy atom. The molecule has 4 aromatic rings. The summed E-state index contributed by atoms with van der Waals surface area (Å²) in [6.07, 6.45) is 6.12. The largest absolute Gasteiger partial charge is 0.465 e. The van der Waals surface area contributed by atoms with Crippen LogP contribution in [0.15, 0.2) is 46.4 Å². The van der Waals surface area contributed by atoms with Crippen LogP contribution in [-0.2, 0) is 32.2 Å². The summed E-state index contributed by atoms with van der Waals surface area (Å²) in [5, 5.41) is 0. The van der Waals surface area contributed by atoms with Gasteiger partial charge in [0, 0.05) is 25.9 Å². The lowest BCUT2D eigenvalue weighted by atomic mass is 10.1. The molecule has 0 aliphatic carbocycles. The minimum atomic E-state index is -0.394. The maximum absolute atomic E-state index is 12.6. The van der Waals surface area contributed by atoms with E-state index in [9.17, 15) is 19.2 Å². The van der Waals surface area contributed by atoms with E-state index in [0.29, 0.717) is 46.7 Å². The smallest absolute Gasteiger partial charge is 0.337 e. The van der Waals surface area contributed by atoms with E-state index in [-0.39, 0.29) is 11.8 Å². The molecule has 0 fully saturated rings. The van der Waals surface area contributed by atoms with Crippen LogP contribution in [0.1, 0.15) is 85.9 Å². The van der Waals surface area contributed by atoms with Crippen LogP contribution in [0, 0.1) is 0 Å². The second-order valence-corrected chi connectivity index (χ2v) is 12.3. The fourth-order valence-corrected chi connectivity index (χ4v) is 7.30. The number of nitrogens with zero attached hydrogens (tertiary/aromatic N) is 4. The SMILES string of the molecule is CCn1c(=NC(=O)CCCCCCCCC(=O)N=c2sc3cc(C(=O)OC)ccc3n2CC)sc2cc(C(=O)OC)ccc21. The van der Waals surface area contributed by atoms with Crippen molar-refractivity contribution in [2.45, 2.75) is 78.3 Å². The van der Waals surface area contributed by atoms with Gasteiger partial charge >= 0.3 is 11.9 Å². The fraction of sp³-hybridized carbons (Fsp3) is 0.438. The number of hydrogen-bond acceptors (Lipinski definition) is 8. The van der Waals surface area contributed by atoms with Crippen LogP contribution in [-0.4, -0.2) is 47.1 Å². The molecule has 12 heteroatoms. The molecule has 234 valence electrons. The molecule has 2 aromatic heterocycles. The number of hydrogen-bond donors (Lipinski definition) is 0. The lowest BCUT2D eigenvalue weighted by Crippen LogP contribution is -2.15. The highest BCUT2D eigenvalue weighted by Gasteiger charge is 2.13. The van der Waals surface area contributed by atoms with Crippen molar-refractivity contribution in [3.63, 3.8) is 0 Å². The Labute approximate surface area is 263 Å². The number of methoxy groups -OCH3 is 2. The average Bonchev–Trinajstić information content (AvgIpc) is 3.56. The van der Waals surface area contributed by atoms with E-state index < -0.39 is 11.9 Å². The van der Waals surface area contributed by atoms with Gasteiger partial charge in [-0.3, -0.25) is 9.59 Å². The number of carbonyl (C=O) groups is 4. The Hall–Kier alpha value is -3.90. The summed E-state index contributed by atoms with van der Waals surface area (Å²) >= 11 is 2.79. The van der Waals surface area contributed by atoms with Crippen LogP contribution in [0.4, 0.5) is 0 Å². The molecule has 0 radical (unpaired) electrons. The number of ether oxygens (including phenoxy) is 2. The third-order valence-electron chi connectivity index (χ3n) is 7.31. The predicted octanol–water partition coefficient (Wildman–Crippen LogP) is 6.01. The van der Waals surface area contributed by atoms with Crippen LogP contribution >= 0.6 is 22.7 Å². The molecular weight excluding hydrogens is 601 g/mol. The summed E-state index contributed by atoms with van der Waals surface area (Å²) in [5.41, 5.74) is 2.81. The number of thiazole rings is 2. The third-order valence-corrected chi connectivity index (χ3v) is 9.39. The molecule has 0 atom stereocenters. The second-order valence-electron chi connectivity index (χ2n) is 10.2. The summed E-state index contributed by atoms with van der Waals surface area (Å²) in [7, 11) is 2.71. The number of rotatable bonds is 13. The van der Waals surface area contributed by atoms with E-state index in [1.807, 2.05) is 35.1 Å². The first kappa shape index (κ1) is 33.0. The van der Waals surface area contributed by atoms with Gasteiger partial charge in [-0.05, 0) is 63.1 Å². The molecule has 0 unspecified atom stereocenters. The second kappa shape index (κ2) is 15.7. The minimum absolute atomic E-state index is 0.147. The number of fused-ring (bicyclic) bond motifs is 2. The molecule has 0 saturated carbocycles. The van der Waals surface area contributed by atoms with Crippen molar-refractivity contribution < 1.29 is 28.7 Å². The molecule has 4 rings (SSSR count). The van der Waals surface area contributed by atoms with E-state index in [0.717, 1.165) is 59.0 Å². The zero-order valence-corrected chi connectivity index (χ0v) is 27.2. The summed E-state index contributed by atoms with van der Waals surface area (Å²) in [6, 6.07) is 10.7. The van der Waals surface area contributed by atoms with Crippen molar-refractivity contribution in [2.75, 3.05) is 14.2 Å². The molecule has 0 aliphatic heterocycles. The quantitative estimate of drug-likeness (QED) is 0.131. The standard InChI is InChI=1S/C32H38N4O6S2/c1-5-35-23-17-15-21(29(39)41-3)19-25(23)43-31(35)33-27(37)13-11-9-7-8-10-12-14-28(38)34-32-36(6-2)24-18-16-22(30(40)42-4)20-26(24)44-32/h15-20H,5-14H2,1-4H3. The van der Waals surface area contributed by atoms with E-state index >= 15 is 0 Å². The zero-order valence-electron chi connectivity index (χ0n) is 25.6. The van der Waals surface area contributed by atoms with Gasteiger partial charge in [0.25, 0.3) is 0 Å². The van der Waals surface area contributed by atoms with Gasteiger partial charge in [-0.1, -0.05) is 48.4 Å². The van der Waals surface area contributed by atoms with Gasteiger partial charge in [0.1, 0.15) is 0 Å². The van der Waals surface area contributed by atoms with Crippen molar-refractivity contribution in [1.82, 2.24) is 9.13 Å². The van der Waals surface area contributed by atoms with Crippen LogP contribution in [0.5, 0.6) is 0 Å². The van der Waals surface area contributed by atoms with E-state index in [1.54, 1.807) is 24.3 Å². The van der Waals surface area contributed by atoms with Crippen molar-refractivity contribution in [2.24, 2.45) is 9.98 Å². The van der Waals surface area contributed by atoms with E-state index in [4.69, 9.17) is 9.47 Å². The van der Waals surface area contributed by atoms with E-state index in [2.05, 4.69) is 9.98 Å². The number of carbonyl (C=O) groups excluding carboxylic acids is 4. The molecule has 2 amide bonds. The zero-order chi connectivity index (χ0) is 31.6. The highest BCUT2D eigenvalue weighted by molar-refractivity contribution is 7.16. The van der Waals surface area contributed by atoms with Crippen LogP contribution in [0.25, 0.3) is 20.4 Å². The van der Waals surface area contributed by atoms with Gasteiger partial charge in [-0.2, -0.15) is 9.98 Å². The number of amides is 2. The first-order chi connectivity index (χ1) is 21.3. The molecule has 2 aromatic carbocycles. The van der Waals surface area contributed by atoms with Crippen LogP contribution in [0.3, 0.4) is 0 Å². The molecule has 0 aliphatic rings. The number of aryl methyl sites for hydroxylation is 2. The van der Waals surface area contributed by atoms with Gasteiger partial charge in [-0.25, -0.2) is 9.59 Å². The number of benzene rings is 2. The summed E-state index contributed by atoms with van der Waals surface area (Å²) < 4.78 is 15.4. The Kier molecular flexibility index (Phi) is 11.8. The normalized spacial score (nSPS) is 12.3. The molecule has 0 N–H and O–H groups in total. The average molecular weight is 639 g/mol. The third kappa shape index (κ3) is 7.97. The van der Waals surface area contributed by atoms with Gasteiger partial charge < -0.3 is 18.6 Å². The summed E-state index contributed by atoms with van der Waals surface area (Å²) in [4.78, 5) is 58.9. The Morgan fingerprint density at radius 3 is 1.39 bits per heavy atom. The number of unbranched alkanes of at least 4 members (excludes halogenated alkanes) is 5. The van der Waals surface area contributed by atoms with Gasteiger partial charge in [0.15, 0.2) is 9.60 Å². The summed E-state index contributed by atoms with van der Waals surface area (Å²) in [5.74, 6) is -1.08. The summed E-state index contributed by atoms with van der Waals surface area (Å²) in [6.45, 7) is 5.33. The number of aromatic nitrogens is 2. The minimum Gasteiger partial charge on any atom is -0.465 e. The first-order valence-electron chi connectivity index (χ1n) is 14.9. The molecule has 0 spiro atoms. The van der Waals surface area contributed by atoms with Crippen molar-refractivity contribution >= 4 is 66.9 Å². The van der Waals surface area contributed by atoms with Crippen molar-refractivity contribution in [3.05, 3.63) is 57.1 Å². The Bertz CT molecular complexity index is 1680. The Balaban J connectivity index is 1.21. The molecule has 0 saturated heterocycles. The number of esters is 2. The molecule has 44 heavy (non-hydrogen) atoms. The molecule has 2 heterocycles. The molecule has 10 nitrogen and oxygen atoms in total. The fourth-order valence-electron chi connectivity index (χ4n) is 5.00. The molecular formula is C32H38N4O6S2. The van der Waals surface area contributed by atoms with Gasteiger partial charge in [0.05, 0.1) is 45.8 Å². The lowest BCUT2D eigenvalue weighted by Gasteiger charge is -2.02. The van der Waals surface area contributed by atoms with Gasteiger partial charge in [-0.15, -0.1) is 0 Å². The maximum Gasteiger partial charge on any atom is 0.337 e. The monoisotopic (exact) mass is 638 g/mol. The van der Waals surface area contributed by atoms with Crippen LogP contribution < -0.4 is 9.60 Å².